The van der Waals surface area contributed by atoms with Crippen LogP contribution in [0.4, 0.5) is 9.80 Å². The summed E-state index contributed by atoms with van der Waals surface area (Å²) in [5.41, 5.74) is 1.22. The molecule has 72 valence electrons. The first-order valence-electron chi connectivity index (χ1n) is 4.25. The maximum atomic E-state index is 11.1. The van der Waals surface area contributed by atoms with E-state index >= 15 is 0 Å². The number of aryl methyl sites for hydroxylation is 2. The van der Waals surface area contributed by atoms with Gasteiger partial charge in [-0.15, -0.1) is 11.3 Å². The van der Waals surface area contributed by atoms with Gasteiger partial charge in [-0.2, -0.15) is 0 Å². The van der Waals surface area contributed by atoms with E-state index in [4.69, 9.17) is 0 Å². The van der Waals surface area contributed by atoms with Gasteiger partial charge in [0, 0.05) is 11.4 Å². The number of nitrogens with one attached hydrogen (secondary N) is 2. The highest BCUT2D eigenvalue weighted by atomic mass is 32.1. The van der Waals surface area contributed by atoms with Crippen LogP contribution < -0.4 is 10.6 Å². The molecule has 1 heterocycles. The summed E-state index contributed by atoms with van der Waals surface area (Å²) < 4.78 is 0. The van der Waals surface area contributed by atoms with Gasteiger partial charge in [-0.25, -0.2) is 4.79 Å². The van der Waals surface area contributed by atoms with Crippen molar-refractivity contribution in [3.05, 3.63) is 16.5 Å². The molecule has 0 aliphatic carbocycles. The second-order valence-electron chi connectivity index (χ2n) is 2.83. The minimum absolute atomic E-state index is 0.135. The van der Waals surface area contributed by atoms with Crippen molar-refractivity contribution in [3.8, 4) is 0 Å². The molecule has 0 saturated carbocycles. The van der Waals surface area contributed by atoms with Crippen molar-refractivity contribution in [2.24, 2.45) is 0 Å². The molecule has 13 heavy (non-hydrogen) atoms. The molecule has 0 saturated heterocycles. The molecule has 2 N–H and O–H groups in total. The Morgan fingerprint density at radius 1 is 1.54 bits per heavy atom. The minimum Gasteiger partial charge on any atom is -0.338 e. The van der Waals surface area contributed by atoms with Gasteiger partial charge < -0.3 is 5.32 Å². The molecule has 2 amide bonds. The highest BCUT2D eigenvalue weighted by Crippen LogP contribution is 2.25. The maximum Gasteiger partial charge on any atom is 0.319 e. The third kappa shape index (κ3) is 2.73. The molecular formula is C9H14N2OS. The van der Waals surface area contributed by atoms with E-state index in [2.05, 4.69) is 10.6 Å². The van der Waals surface area contributed by atoms with Crippen LogP contribution in [0.25, 0.3) is 0 Å². The molecule has 0 atom stereocenters. The predicted molar refractivity (Wildman–Crippen MR) is 56.5 cm³/mol. The molecule has 1 rings (SSSR count). The average molecular weight is 198 g/mol. The molecule has 0 aromatic carbocycles. The Hall–Kier alpha value is -1.03. The number of thiophene rings is 1. The van der Waals surface area contributed by atoms with Crippen molar-refractivity contribution < 1.29 is 4.79 Å². The van der Waals surface area contributed by atoms with Gasteiger partial charge in [0.25, 0.3) is 0 Å². The average Bonchev–Trinajstić information content (AvgIpc) is 2.31. The van der Waals surface area contributed by atoms with Crippen LogP contribution in [0.5, 0.6) is 0 Å². The van der Waals surface area contributed by atoms with Crippen LogP contribution in [-0.2, 0) is 0 Å². The summed E-state index contributed by atoms with van der Waals surface area (Å²) in [6, 6.07) is 1.85. The fourth-order valence-electron chi connectivity index (χ4n) is 0.951. The van der Waals surface area contributed by atoms with Crippen LogP contribution >= 0.6 is 11.3 Å². The smallest absolute Gasteiger partial charge is 0.319 e. The van der Waals surface area contributed by atoms with Crippen molar-refractivity contribution in [2.45, 2.75) is 20.8 Å². The van der Waals surface area contributed by atoms with Crippen LogP contribution in [0.3, 0.4) is 0 Å². The zero-order valence-corrected chi connectivity index (χ0v) is 8.92. The lowest BCUT2D eigenvalue weighted by Crippen LogP contribution is -2.27. The van der Waals surface area contributed by atoms with E-state index in [0.717, 1.165) is 5.00 Å². The van der Waals surface area contributed by atoms with E-state index in [9.17, 15) is 4.79 Å². The number of anilines is 1. The first-order valence-corrected chi connectivity index (χ1v) is 5.07. The Bertz CT molecular complexity index is 287. The SMILES string of the molecule is CCNC(=O)Nc1cc(C)c(C)s1. The molecule has 4 heteroatoms. The summed E-state index contributed by atoms with van der Waals surface area (Å²) in [5, 5.41) is 6.36. The zero-order chi connectivity index (χ0) is 9.84. The van der Waals surface area contributed by atoms with Gasteiger partial charge in [-0.3, -0.25) is 5.32 Å². The van der Waals surface area contributed by atoms with Crippen molar-refractivity contribution in [2.75, 3.05) is 11.9 Å². The zero-order valence-electron chi connectivity index (χ0n) is 8.10. The number of carbonyl (C=O) groups is 1. The highest BCUT2D eigenvalue weighted by Gasteiger charge is 2.04. The van der Waals surface area contributed by atoms with Crippen LogP contribution in [0.1, 0.15) is 17.4 Å². The summed E-state index contributed by atoms with van der Waals surface area (Å²) in [7, 11) is 0. The van der Waals surface area contributed by atoms with Crippen molar-refractivity contribution in [3.63, 3.8) is 0 Å². The largest absolute Gasteiger partial charge is 0.338 e. The third-order valence-electron chi connectivity index (χ3n) is 1.74. The number of urea groups is 1. The van der Waals surface area contributed by atoms with E-state index in [1.54, 1.807) is 11.3 Å². The number of rotatable bonds is 2. The predicted octanol–water partition coefficient (Wildman–Crippen LogP) is 2.51. The molecular weight excluding hydrogens is 184 g/mol. The lowest BCUT2D eigenvalue weighted by atomic mass is 10.3. The van der Waals surface area contributed by atoms with Gasteiger partial charge in [-0.05, 0) is 32.4 Å². The van der Waals surface area contributed by atoms with Crippen LogP contribution in [0.15, 0.2) is 6.07 Å². The van der Waals surface area contributed by atoms with E-state index in [0.29, 0.717) is 6.54 Å². The van der Waals surface area contributed by atoms with Gasteiger partial charge in [0.1, 0.15) is 0 Å². The van der Waals surface area contributed by atoms with Crippen LogP contribution in [-0.4, -0.2) is 12.6 Å². The Labute approximate surface area is 82.2 Å². The number of hydrogen-bond acceptors (Lipinski definition) is 2. The van der Waals surface area contributed by atoms with E-state index in [1.807, 2.05) is 26.8 Å². The van der Waals surface area contributed by atoms with Gasteiger partial charge in [0.2, 0.25) is 0 Å². The summed E-state index contributed by atoms with van der Waals surface area (Å²) in [4.78, 5) is 12.4. The highest BCUT2D eigenvalue weighted by molar-refractivity contribution is 7.16. The number of amides is 2. The number of hydrogen-bond donors (Lipinski definition) is 2. The van der Waals surface area contributed by atoms with Crippen LogP contribution in [0, 0.1) is 13.8 Å². The molecule has 0 spiro atoms. The van der Waals surface area contributed by atoms with E-state index in [1.165, 1.54) is 10.4 Å². The third-order valence-corrected chi connectivity index (χ3v) is 2.81. The molecule has 0 fully saturated rings. The normalized spacial score (nSPS) is 9.77. The molecule has 1 aromatic heterocycles. The first-order chi connectivity index (χ1) is 6.13. The van der Waals surface area contributed by atoms with Crippen molar-refractivity contribution in [1.29, 1.82) is 0 Å². The summed E-state index contributed by atoms with van der Waals surface area (Å²) in [5.74, 6) is 0. The topological polar surface area (TPSA) is 41.1 Å². The van der Waals surface area contributed by atoms with E-state index in [-0.39, 0.29) is 6.03 Å². The lowest BCUT2D eigenvalue weighted by Gasteiger charge is -2.01. The van der Waals surface area contributed by atoms with Crippen molar-refractivity contribution in [1.82, 2.24) is 5.32 Å². The fraction of sp³-hybridized carbons (Fsp3) is 0.444. The van der Waals surface area contributed by atoms with Crippen LogP contribution in [0.2, 0.25) is 0 Å². The van der Waals surface area contributed by atoms with Gasteiger partial charge >= 0.3 is 6.03 Å². The minimum atomic E-state index is -0.135. The Morgan fingerprint density at radius 2 is 2.23 bits per heavy atom. The van der Waals surface area contributed by atoms with Gasteiger partial charge in [0.15, 0.2) is 0 Å². The monoisotopic (exact) mass is 198 g/mol. The molecule has 0 radical (unpaired) electrons. The molecule has 0 aliphatic rings. The molecule has 0 bridgehead atoms. The Kier molecular flexibility index (Phi) is 3.31. The van der Waals surface area contributed by atoms with Gasteiger partial charge in [-0.1, -0.05) is 0 Å². The van der Waals surface area contributed by atoms with Crippen molar-refractivity contribution >= 4 is 22.4 Å². The molecule has 0 aliphatic heterocycles. The quantitative estimate of drug-likeness (QED) is 0.753. The molecule has 1 aromatic rings. The summed E-state index contributed by atoms with van der Waals surface area (Å²) >= 11 is 1.60. The second-order valence-corrected chi connectivity index (χ2v) is 4.09. The Balaban J connectivity index is 2.59. The standard InChI is InChI=1S/C9H14N2OS/c1-4-10-9(12)11-8-5-6(2)7(3)13-8/h5H,4H2,1-3H3,(H2,10,11,12). The summed E-state index contributed by atoms with van der Waals surface area (Å²) in [6.45, 7) is 6.62. The Morgan fingerprint density at radius 3 is 2.69 bits per heavy atom. The summed E-state index contributed by atoms with van der Waals surface area (Å²) in [6.07, 6.45) is 0. The fourth-order valence-corrected chi connectivity index (χ4v) is 1.88. The molecule has 3 nitrogen and oxygen atoms in total. The maximum absolute atomic E-state index is 11.1. The number of carbonyl (C=O) groups excluding carboxylic acids is 1. The first kappa shape index (κ1) is 10.1. The molecule has 0 unspecified atom stereocenters. The van der Waals surface area contributed by atoms with E-state index < -0.39 is 0 Å². The lowest BCUT2D eigenvalue weighted by molar-refractivity contribution is 0.252. The van der Waals surface area contributed by atoms with Gasteiger partial charge in [0.05, 0.1) is 5.00 Å². The second kappa shape index (κ2) is 4.28.